The molecule has 0 amide bonds. The number of hydrogen-bond donors (Lipinski definition) is 2. The first-order chi connectivity index (χ1) is 8.09. The van der Waals surface area contributed by atoms with Gasteiger partial charge in [0.1, 0.15) is 5.82 Å². The van der Waals surface area contributed by atoms with Gasteiger partial charge in [-0.15, -0.1) is 0 Å². The number of benzene rings is 1. The summed E-state index contributed by atoms with van der Waals surface area (Å²) in [6.07, 6.45) is 3.16. The van der Waals surface area contributed by atoms with Gasteiger partial charge in [0.05, 0.1) is 6.04 Å². The van der Waals surface area contributed by atoms with Gasteiger partial charge in [-0.1, -0.05) is 17.7 Å². The fraction of sp³-hybridized carbons (Fsp3) is 0.0833. The zero-order chi connectivity index (χ0) is 12.4. The normalized spacial score (nSPS) is 12.4. The summed E-state index contributed by atoms with van der Waals surface area (Å²) in [6, 6.07) is 5.23. The molecule has 1 unspecified atom stereocenters. The van der Waals surface area contributed by atoms with Crippen LogP contribution in [0.25, 0.3) is 0 Å². The van der Waals surface area contributed by atoms with E-state index in [4.69, 9.17) is 23.1 Å². The van der Waals surface area contributed by atoms with Gasteiger partial charge in [-0.05, 0) is 23.8 Å². The van der Waals surface area contributed by atoms with Gasteiger partial charge >= 0.3 is 0 Å². The Hall–Kier alpha value is -1.65. The van der Waals surface area contributed by atoms with Crippen molar-refractivity contribution in [3.05, 3.63) is 58.6 Å². The zero-order valence-corrected chi connectivity index (χ0v) is 9.66. The molecule has 2 rings (SSSR count). The highest BCUT2D eigenvalue weighted by Gasteiger charge is 2.15. The lowest BCUT2D eigenvalue weighted by atomic mass is 10.00. The lowest BCUT2D eigenvalue weighted by Gasteiger charge is -2.15. The smallest absolute Gasteiger partial charge is 0.124 e. The van der Waals surface area contributed by atoms with E-state index in [1.807, 2.05) is 0 Å². The molecule has 4 N–H and O–H groups in total. The summed E-state index contributed by atoms with van der Waals surface area (Å²) in [7, 11) is 0. The average Bonchev–Trinajstić information content (AvgIpc) is 2.29. The maximum Gasteiger partial charge on any atom is 0.124 e. The summed E-state index contributed by atoms with van der Waals surface area (Å²) in [4.78, 5) is 3.96. The van der Waals surface area contributed by atoms with E-state index in [0.717, 1.165) is 0 Å². The maximum atomic E-state index is 12.9. The molecule has 88 valence electrons. The molecule has 0 bridgehead atoms. The molecule has 0 saturated carbocycles. The second-order valence-corrected chi connectivity index (χ2v) is 4.06. The number of hydrogen-bond acceptors (Lipinski definition) is 3. The third-order valence-electron chi connectivity index (χ3n) is 2.52. The van der Waals surface area contributed by atoms with E-state index < -0.39 is 11.9 Å². The summed E-state index contributed by atoms with van der Waals surface area (Å²) in [6.45, 7) is 0. The van der Waals surface area contributed by atoms with Crippen LogP contribution in [0.5, 0.6) is 0 Å². The van der Waals surface area contributed by atoms with Gasteiger partial charge in [0.15, 0.2) is 0 Å². The van der Waals surface area contributed by atoms with Gasteiger partial charge < -0.3 is 11.5 Å². The van der Waals surface area contributed by atoms with E-state index in [2.05, 4.69) is 4.98 Å². The minimum atomic E-state index is -0.517. The number of nitrogens with zero attached hydrogens (tertiary/aromatic N) is 1. The Morgan fingerprint density at radius 3 is 2.65 bits per heavy atom. The van der Waals surface area contributed by atoms with Gasteiger partial charge in [-0.3, -0.25) is 4.98 Å². The van der Waals surface area contributed by atoms with Crippen molar-refractivity contribution in [3.8, 4) is 0 Å². The third kappa shape index (κ3) is 2.38. The summed E-state index contributed by atoms with van der Waals surface area (Å²) >= 11 is 5.95. The van der Waals surface area contributed by atoms with Crippen molar-refractivity contribution >= 4 is 17.3 Å². The van der Waals surface area contributed by atoms with Gasteiger partial charge in [0.2, 0.25) is 0 Å². The molecule has 2 aromatic rings. The van der Waals surface area contributed by atoms with Crippen molar-refractivity contribution in [2.24, 2.45) is 5.73 Å². The fourth-order valence-corrected chi connectivity index (χ4v) is 1.88. The standard InChI is InChI=1S/C12H11ClFN3/c13-10-5-7(14)1-2-8(10)12(16)9-6-17-4-3-11(9)15/h1-6,12H,16H2,(H2,15,17). The molecule has 3 nitrogen and oxygen atoms in total. The highest BCUT2D eigenvalue weighted by atomic mass is 35.5. The number of pyridine rings is 1. The number of aromatic nitrogens is 1. The molecule has 0 aliphatic rings. The van der Waals surface area contributed by atoms with Crippen LogP contribution in [-0.2, 0) is 0 Å². The molecular weight excluding hydrogens is 241 g/mol. The highest BCUT2D eigenvalue weighted by molar-refractivity contribution is 6.31. The first-order valence-corrected chi connectivity index (χ1v) is 5.37. The van der Waals surface area contributed by atoms with Crippen molar-refractivity contribution < 1.29 is 4.39 Å². The first-order valence-electron chi connectivity index (χ1n) is 4.99. The number of nitrogen functional groups attached to an aromatic ring is 1. The van der Waals surface area contributed by atoms with Crippen LogP contribution >= 0.6 is 11.6 Å². The van der Waals surface area contributed by atoms with Gasteiger partial charge in [0.25, 0.3) is 0 Å². The zero-order valence-electron chi connectivity index (χ0n) is 8.90. The van der Waals surface area contributed by atoms with E-state index in [1.54, 1.807) is 24.5 Å². The molecular formula is C12H11ClFN3. The predicted octanol–water partition coefficient (Wildman–Crippen LogP) is 2.50. The summed E-state index contributed by atoms with van der Waals surface area (Å²) in [5, 5.41) is 0.278. The Bertz CT molecular complexity index is 545. The van der Waals surface area contributed by atoms with Crippen molar-refractivity contribution in [2.45, 2.75) is 6.04 Å². The SMILES string of the molecule is Nc1ccncc1C(N)c1ccc(F)cc1Cl. The van der Waals surface area contributed by atoms with Gasteiger partial charge in [-0.25, -0.2) is 4.39 Å². The van der Waals surface area contributed by atoms with Crippen LogP contribution < -0.4 is 11.5 Å². The average molecular weight is 252 g/mol. The topological polar surface area (TPSA) is 64.9 Å². The summed E-state index contributed by atoms with van der Waals surface area (Å²) in [5.41, 5.74) is 13.7. The van der Waals surface area contributed by atoms with Crippen LogP contribution in [0.4, 0.5) is 10.1 Å². The minimum Gasteiger partial charge on any atom is -0.398 e. The molecule has 0 radical (unpaired) electrons. The molecule has 0 aliphatic heterocycles. The van der Waals surface area contributed by atoms with E-state index >= 15 is 0 Å². The van der Waals surface area contributed by atoms with Crippen molar-refractivity contribution in [1.29, 1.82) is 0 Å². The van der Waals surface area contributed by atoms with E-state index in [9.17, 15) is 4.39 Å². The third-order valence-corrected chi connectivity index (χ3v) is 2.85. The summed E-state index contributed by atoms with van der Waals surface area (Å²) in [5.74, 6) is -0.398. The molecule has 17 heavy (non-hydrogen) atoms. The number of rotatable bonds is 2. The minimum absolute atomic E-state index is 0.278. The van der Waals surface area contributed by atoms with E-state index in [-0.39, 0.29) is 5.02 Å². The molecule has 1 aromatic heterocycles. The molecule has 1 atom stereocenters. The van der Waals surface area contributed by atoms with E-state index in [1.165, 1.54) is 12.1 Å². The van der Waals surface area contributed by atoms with Crippen molar-refractivity contribution in [3.63, 3.8) is 0 Å². The largest absolute Gasteiger partial charge is 0.398 e. The van der Waals surface area contributed by atoms with Crippen LogP contribution in [0.3, 0.4) is 0 Å². The fourth-order valence-electron chi connectivity index (χ4n) is 1.60. The van der Waals surface area contributed by atoms with Crippen LogP contribution in [0.2, 0.25) is 5.02 Å². The van der Waals surface area contributed by atoms with Crippen LogP contribution in [0.15, 0.2) is 36.7 Å². The number of nitrogens with two attached hydrogens (primary N) is 2. The maximum absolute atomic E-state index is 12.9. The Labute approximate surface area is 103 Å². The van der Waals surface area contributed by atoms with Gasteiger partial charge in [0, 0.05) is 28.7 Å². The number of anilines is 1. The first kappa shape index (κ1) is 11.8. The van der Waals surface area contributed by atoms with Crippen LogP contribution in [0, 0.1) is 5.82 Å². The van der Waals surface area contributed by atoms with Crippen LogP contribution in [-0.4, -0.2) is 4.98 Å². The quantitative estimate of drug-likeness (QED) is 0.862. The van der Waals surface area contributed by atoms with E-state index in [0.29, 0.717) is 16.8 Å². The highest BCUT2D eigenvalue weighted by Crippen LogP contribution is 2.29. The Morgan fingerprint density at radius 2 is 2.00 bits per heavy atom. The molecule has 1 heterocycles. The molecule has 0 fully saturated rings. The predicted molar refractivity (Wildman–Crippen MR) is 66.1 cm³/mol. The Morgan fingerprint density at radius 1 is 1.24 bits per heavy atom. The second kappa shape index (κ2) is 4.69. The molecule has 0 aliphatic carbocycles. The van der Waals surface area contributed by atoms with Crippen LogP contribution in [0.1, 0.15) is 17.2 Å². The molecule has 0 saturated heterocycles. The lowest BCUT2D eigenvalue weighted by Crippen LogP contribution is -2.14. The summed E-state index contributed by atoms with van der Waals surface area (Å²) < 4.78 is 12.9. The van der Waals surface area contributed by atoms with Gasteiger partial charge in [-0.2, -0.15) is 0 Å². The Balaban J connectivity index is 2.44. The van der Waals surface area contributed by atoms with Crippen molar-refractivity contribution in [2.75, 3.05) is 5.73 Å². The monoisotopic (exact) mass is 251 g/mol. The van der Waals surface area contributed by atoms with Crippen molar-refractivity contribution in [1.82, 2.24) is 4.98 Å². The Kier molecular flexibility index (Phi) is 3.26. The molecule has 5 heteroatoms. The lowest BCUT2D eigenvalue weighted by molar-refractivity contribution is 0.626. The molecule has 1 aromatic carbocycles. The molecule has 0 spiro atoms. The second-order valence-electron chi connectivity index (χ2n) is 3.65. The number of halogens is 2.